The fraction of sp³-hybridized carbons (Fsp3) is 0.120. The van der Waals surface area contributed by atoms with Crippen LogP contribution in [0.3, 0.4) is 0 Å². The Kier molecular flexibility index (Phi) is 5.66. The van der Waals surface area contributed by atoms with Crippen LogP contribution in [-0.4, -0.2) is 26.0 Å². The lowest BCUT2D eigenvalue weighted by molar-refractivity contribution is -0.384. The Balaban J connectivity index is 1.92. The fourth-order valence-corrected chi connectivity index (χ4v) is 3.94. The van der Waals surface area contributed by atoms with Gasteiger partial charge in [0.1, 0.15) is 11.4 Å². The summed E-state index contributed by atoms with van der Waals surface area (Å²) in [6.45, 7) is 5.89. The molecule has 0 saturated carbocycles. The molecule has 4 rings (SSSR count). The van der Waals surface area contributed by atoms with E-state index in [0.717, 1.165) is 34.0 Å². The number of hydrogen-bond donors (Lipinski definition) is 2. The molecule has 8 nitrogen and oxygen atoms in total. The molecule has 2 N–H and O–H groups in total. The highest BCUT2D eigenvalue weighted by molar-refractivity contribution is 5.90. The van der Waals surface area contributed by atoms with Crippen molar-refractivity contribution < 1.29 is 10.0 Å². The first-order valence-corrected chi connectivity index (χ1v) is 10.3. The maximum absolute atomic E-state index is 13.5. The number of aliphatic imine (C=N–C) groups is 1. The number of H-pyrrole nitrogens is 1. The highest BCUT2D eigenvalue weighted by atomic mass is 16.6. The zero-order valence-electron chi connectivity index (χ0n) is 18.4. The summed E-state index contributed by atoms with van der Waals surface area (Å²) in [5, 5.41) is 24.4. The number of aromatic hydroxyl groups is 1. The Labute approximate surface area is 189 Å². The molecule has 1 heterocycles. The van der Waals surface area contributed by atoms with Gasteiger partial charge < -0.3 is 5.11 Å². The molecule has 33 heavy (non-hydrogen) atoms. The van der Waals surface area contributed by atoms with Crippen LogP contribution >= 0.6 is 0 Å². The van der Waals surface area contributed by atoms with E-state index < -0.39 is 4.92 Å². The highest BCUT2D eigenvalue weighted by Crippen LogP contribution is 2.31. The van der Waals surface area contributed by atoms with Crippen LogP contribution in [-0.2, 0) is 0 Å². The van der Waals surface area contributed by atoms with Crippen LogP contribution in [0.15, 0.2) is 70.5 Å². The van der Waals surface area contributed by atoms with Gasteiger partial charge in [-0.05, 0) is 38.0 Å². The van der Waals surface area contributed by atoms with Gasteiger partial charge in [0.05, 0.1) is 21.9 Å². The largest absolute Gasteiger partial charge is 0.506 e. The van der Waals surface area contributed by atoms with Gasteiger partial charge in [0, 0.05) is 23.9 Å². The average molecular weight is 442 g/mol. The van der Waals surface area contributed by atoms with Crippen LogP contribution in [0.2, 0.25) is 0 Å². The summed E-state index contributed by atoms with van der Waals surface area (Å²) in [6, 6.07) is 16.9. The molecule has 0 aliphatic carbocycles. The third kappa shape index (κ3) is 4.18. The Bertz CT molecular complexity index is 1430. The van der Waals surface area contributed by atoms with Gasteiger partial charge in [-0.2, -0.15) is 0 Å². The van der Waals surface area contributed by atoms with Gasteiger partial charge in [-0.1, -0.05) is 48.0 Å². The van der Waals surface area contributed by atoms with E-state index in [1.807, 2.05) is 63.2 Å². The lowest BCUT2D eigenvalue weighted by Gasteiger charge is -2.11. The first kappa shape index (κ1) is 21.8. The molecule has 0 saturated heterocycles. The van der Waals surface area contributed by atoms with Crippen LogP contribution in [0.4, 0.5) is 11.4 Å². The number of aromatic nitrogens is 2. The number of nitro benzene ring substituents is 1. The Morgan fingerprint density at radius 1 is 1.03 bits per heavy atom. The Morgan fingerprint density at radius 2 is 1.70 bits per heavy atom. The molecule has 0 aliphatic heterocycles. The first-order valence-electron chi connectivity index (χ1n) is 10.3. The predicted octanol–water partition coefficient (Wildman–Crippen LogP) is 5.12. The van der Waals surface area contributed by atoms with Crippen molar-refractivity contribution in [2.24, 2.45) is 4.99 Å². The molecular formula is C25H22N4O4. The second-order valence-electron chi connectivity index (χ2n) is 7.84. The number of phenols is 1. The third-order valence-electron chi connectivity index (χ3n) is 5.35. The van der Waals surface area contributed by atoms with E-state index in [2.05, 4.69) is 10.1 Å². The van der Waals surface area contributed by atoms with Gasteiger partial charge in [-0.25, -0.2) is 4.68 Å². The topological polar surface area (TPSA) is 114 Å². The maximum Gasteiger partial charge on any atom is 0.280 e. The van der Waals surface area contributed by atoms with Crippen LogP contribution < -0.4 is 5.56 Å². The molecule has 0 radical (unpaired) electrons. The second-order valence-corrected chi connectivity index (χ2v) is 7.84. The van der Waals surface area contributed by atoms with Gasteiger partial charge in [-0.3, -0.25) is 25.0 Å². The average Bonchev–Trinajstić information content (AvgIpc) is 3.09. The molecule has 0 amide bonds. The number of aryl methyl sites for hydroxylation is 3. The normalized spacial score (nSPS) is 11.2. The SMILES string of the molecule is Cc1cc(C)c(-n2[nH]c(-c3ccccc3)c(C=Nc3cc([N+](=O)[O-])ccc3O)c2=O)c(C)c1. The van der Waals surface area contributed by atoms with Crippen molar-refractivity contribution in [2.45, 2.75) is 20.8 Å². The van der Waals surface area contributed by atoms with Gasteiger partial charge in [0.25, 0.3) is 11.2 Å². The molecule has 8 heteroatoms. The molecular weight excluding hydrogens is 420 g/mol. The minimum Gasteiger partial charge on any atom is -0.506 e. The lowest BCUT2D eigenvalue weighted by atomic mass is 10.1. The van der Waals surface area contributed by atoms with Crippen LogP contribution in [0, 0.1) is 30.9 Å². The van der Waals surface area contributed by atoms with Gasteiger partial charge in [0.15, 0.2) is 0 Å². The van der Waals surface area contributed by atoms with E-state index in [0.29, 0.717) is 5.69 Å². The number of nitrogens with one attached hydrogen (secondary N) is 1. The summed E-state index contributed by atoms with van der Waals surface area (Å²) in [4.78, 5) is 28.2. The standard InChI is InChI=1S/C25H22N4O4/c1-15-11-16(2)24(17(3)12-15)28-25(31)20(23(27-28)18-7-5-4-6-8-18)14-26-21-13-19(29(32)33)9-10-22(21)30/h4-14,27,30H,1-3H3. The number of hydrogen-bond acceptors (Lipinski definition) is 5. The van der Waals surface area contributed by atoms with E-state index in [1.165, 1.54) is 23.0 Å². The quantitative estimate of drug-likeness (QED) is 0.254. The molecule has 3 aromatic carbocycles. The molecule has 1 aromatic heterocycles. The molecule has 0 bridgehead atoms. The molecule has 0 aliphatic rings. The highest BCUT2D eigenvalue weighted by Gasteiger charge is 2.18. The van der Waals surface area contributed by atoms with Crippen LogP contribution in [0.5, 0.6) is 5.75 Å². The van der Waals surface area contributed by atoms with Crippen LogP contribution in [0.25, 0.3) is 16.9 Å². The minimum atomic E-state index is -0.569. The van der Waals surface area contributed by atoms with Crippen molar-refractivity contribution in [3.63, 3.8) is 0 Å². The number of aromatic amines is 1. The maximum atomic E-state index is 13.5. The number of benzene rings is 3. The number of non-ortho nitro benzene ring substituents is 1. The van der Waals surface area contributed by atoms with Crippen molar-refractivity contribution >= 4 is 17.6 Å². The van der Waals surface area contributed by atoms with E-state index in [4.69, 9.17) is 0 Å². The van der Waals surface area contributed by atoms with Crippen molar-refractivity contribution in [3.05, 3.63) is 103 Å². The lowest BCUT2D eigenvalue weighted by Crippen LogP contribution is -2.19. The number of nitrogens with zero attached hydrogens (tertiary/aromatic N) is 3. The number of rotatable bonds is 5. The first-order chi connectivity index (χ1) is 15.8. The smallest absolute Gasteiger partial charge is 0.280 e. The van der Waals surface area contributed by atoms with Crippen LogP contribution in [0.1, 0.15) is 22.3 Å². The van der Waals surface area contributed by atoms with Crippen molar-refractivity contribution in [2.75, 3.05) is 0 Å². The third-order valence-corrected chi connectivity index (χ3v) is 5.35. The van der Waals surface area contributed by atoms with Gasteiger partial charge in [0.2, 0.25) is 0 Å². The minimum absolute atomic E-state index is 0.00180. The Morgan fingerprint density at radius 3 is 2.33 bits per heavy atom. The molecule has 4 aromatic rings. The van der Waals surface area contributed by atoms with E-state index >= 15 is 0 Å². The van der Waals surface area contributed by atoms with Gasteiger partial charge in [-0.15, -0.1) is 0 Å². The summed E-state index contributed by atoms with van der Waals surface area (Å²) < 4.78 is 1.49. The summed E-state index contributed by atoms with van der Waals surface area (Å²) in [5.41, 5.74) is 4.79. The van der Waals surface area contributed by atoms with E-state index in [1.54, 1.807) is 0 Å². The molecule has 166 valence electrons. The summed E-state index contributed by atoms with van der Waals surface area (Å²) in [5.74, 6) is -0.223. The zero-order valence-corrected chi connectivity index (χ0v) is 18.4. The molecule has 0 spiro atoms. The van der Waals surface area contributed by atoms with Crippen molar-refractivity contribution in [3.8, 4) is 22.7 Å². The molecule has 0 atom stereocenters. The number of phenolic OH excluding ortho intramolecular Hbond substituents is 1. The zero-order chi connectivity index (χ0) is 23.7. The van der Waals surface area contributed by atoms with Gasteiger partial charge >= 0.3 is 0 Å². The van der Waals surface area contributed by atoms with Crippen molar-refractivity contribution in [1.82, 2.24) is 9.78 Å². The summed E-state index contributed by atoms with van der Waals surface area (Å²) >= 11 is 0. The van der Waals surface area contributed by atoms with E-state index in [9.17, 15) is 20.0 Å². The fourth-order valence-electron chi connectivity index (χ4n) is 3.94. The monoisotopic (exact) mass is 442 g/mol. The molecule has 0 fully saturated rings. The molecule has 0 unspecified atom stereocenters. The number of nitro groups is 1. The summed E-state index contributed by atoms with van der Waals surface area (Å²) in [7, 11) is 0. The summed E-state index contributed by atoms with van der Waals surface area (Å²) in [6.07, 6.45) is 1.33. The van der Waals surface area contributed by atoms with Crippen molar-refractivity contribution in [1.29, 1.82) is 0 Å². The Hall–Kier alpha value is -4.46. The second kappa shape index (κ2) is 8.58. The van der Waals surface area contributed by atoms with E-state index in [-0.39, 0.29) is 28.2 Å². The predicted molar refractivity (Wildman–Crippen MR) is 128 cm³/mol.